The van der Waals surface area contributed by atoms with Crippen LogP contribution in [-0.2, 0) is 0 Å². The van der Waals surface area contributed by atoms with Crippen molar-refractivity contribution in [1.82, 2.24) is 0 Å². The molecule has 2 aromatic carbocycles. The summed E-state index contributed by atoms with van der Waals surface area (Å²) >= 11 is 3.42. The first-order valence-electron chi connectivity index (χ1n) is 5.65. The Bertz CT molecular complexity index is 543. The van der Waals surface area contributed by atoms with Gasteiger partial charge in [0, 0.05) is 5.69 Å². The predicted molar refractivity (Wildman–Crippen MR) is 76.2 cm³/mol. The van der Waals surface area contributed by atoms with Gasteiger partial charge in [-0.15, -0.1) is 0 Å². The van der Waals surface area contributed by atoms with Gasteiger partial charge in [0.25, 0.3) is 0 Å². The Labute approximate surface area is 115 Å². The summed E-state index contributed by atoms with van der Waals surface area (Å²) in [6, 6.07) is 13.0. The summed E-state index contributed by atoms with van der Waals surface area (Å²) in [4.78, 5) is 0. The molecule has 2 rings (SSSR count). The summed E-state index contributed by atoms with van der Waals surface area (Å²) in [6.45, 7) is 2.54. The molecular formula is C14H14BrNO2. The molecule has 0 saturated carbocycles. The van der Waals surface area contributed by atoms with Gasteiger partial charge in [-0.25, -0.2) is 0 Å². The smallest absolute Gasteiger partial charge is 0.169 e. The van der Waals surface area contributed by atoms with Crippen LogP contribution in [0.5, 0.6) is 17.2 Å². The molecule has 94 valence electrons. The molecule has 18 heavy (non-hydrogen) atoms. The first-order valence-corrected chi connectivity index (χ1v) is 6.44. The zero-order valence-corrected chi connectivity index (χ0v) is 11.6. The van der Waals surface area contributed by atoms with Gasteiger partial charge in [-0.2, -0.15) is 0 Å². The maximum atomic E-state index is 5.82. The molecule has 4 heteroatoms. The summed E-state index contributed by atoms with van der Waals surface area (Å²) < 4.78 is 12.1. The molecule has 2 aromatic rings. The average Bonchev–Trinajstić information content (AvgIpc) is 2.35. The second-order valence-electron chi connectivity index (χ2n) is 3.67. The fourth-order valence-electron chi connectivity index (χ4n) is 1.53. The largest absolute Gasteiger partial charge is 0.490 e. The van der Waals surface area contributed by atoms with Crippen LogP contribution in [0.4, 0.5) is 5.69 Å². The SMILES string of the molecule is CCOc1ccccc1Oc1ccc(N)cc1Br. The Morgan fingerprint density at radius 3 is 2.44 bits per heavy atom. The van der Waals surface area contributed by atoms with Crippen LogP contribution in [0, 0.1) is 0 Å². The molecule has 0 unspecified atom stereocenters. The molecule has 0 aliphatic heterocycles. The van der Waals surface area contributed by atoms with E-state index in [9.17, 15) is 0 Å². The van der Waals surface area contributed by atoms with E-state index in [4.69, 9.17) is 15.2 Å². The van der Waals surface area contributed by atoms with Crippen LogP contribution >= 0.6 is 15.9 Å². The van der Waals surface area contributed by atoms with E-state index in [1.54, 1.807) is 12.1 Å². The molecule has 0 atom stereocenters. The van der Waals surface area contributed by atoms with Gasteiger partial charge in [-0.3, -0.25) is 0 Å². The van der Waals surface area contributed by atoms with Gasteiger partial charge in [-0.1, -0.05) is 12.1 Å². The standard InChI is InChI=1S/C14H14BrNO2/c1-2-17-13-5-3-4-6-14(13)18-12-8-7-10(16)9-11(12)15/h3-9H,2,16H2,1H3. The van der Waals surface area contributed by atoms with Gasteiger partial charge in [0.05, 0.1) is 11.1 Å². The van der Waals surface area contributed by atoms with E-state index in [0.717, 1.165) is 10.2 Å². The van der Waals surface area contributed by atoms with Gasteiger partial charge < -0.3 is 15.2 Å². The van der Waals surface area contributed by atoms with E-state index in [2.05, 4.69) is 15.9 Å². The van der Waals surface area contributed by atoms with E-state index in [-0.39, 0.29) is 0 Å². The highest BCUT2D eigenvalue weighted by atomic mass is 79.9. The Morgan fingerprint density at radius 1 is 1.06 bits per heavy atom. The number of halogens is 1. The Balaban J connectivity index is 2.28. The molecule has 0 radical (unpaired) electrons. The Morgan fingerprint density at radius 2 is 1.78 bits per heavy atom. The van der Waals surface area contributed by atoms with E-state index in [1.165, 1.54) is 0 Å². The zero-order chi connectivity index (χ0) is 13.0. The molecule has 0 aliphatic carbocycles. The number of nitrogens with two attached hydrogens (primary N) is 1. The number of rotatable bonds is 4. The van der Waals surface area contributed by atoms with Crippen molar-refractivity contribution in [1.29, 1.82) is 0 Å². The number of benzene rings is 2. The first-order chi connectivity index (χ1) is 8.70. The molecule has 2 N–H and O–H groups in total. The molecule has 0 amide bonds. The molecule has 0 aliphatic rings. The predicted octanol–water partition coefficient (Wildman–Crippen LogP) is 4.22. The second-order valence-corrected chi connectivity index (χ2v) is 4.53. The number of anilines is 1. The number of hydrogen-bond acceptors (Lipinski definition) is 3. The normalized spacial score (nSPS) is 10.1. The summed E-state index contributed by atoms with van der Waals surface area (Å²) in [5, 5.41) is 0. The summed E-state index contributed by atoms with van der Waals surface area (Å²) in [5.74, 6) is 2.12. The minimum atomic E-state index is 0.600. The molecule has 0 saturated heterocycles. The van der Waals surface area contributed by atoms with E-state index >= 15 is 0 Å². The number of nitrogen functional groups attached to an aromatic ring is 1. The van der Waals surface area contributed by atoms with Crippen LogP contribution in [0.25, 0.3) is 0 Å². The molecule has 0 bridgehead atoms. The average molecular weight is 308 g/mol. The summed E-state index contributed by atoms with van der Waals surface area (Å²) in [7, 11) is 0. The number of hydrogen-bond donors (Lipinski definition) is 1. The van der Waals surface area contributed by atoms with Crippen molar-refractivity contribution in [2.45, 2.75) is 6.92 Å². The Hall–Kier alpha value is -1.68. The lowest BCUT2D eigenvalue weighted by molar-refractivity contribution is 0.321. The molecule has 3 nitrogen and oxygen atoms in total. The van der Waals surface area contributed by atoms with Crippen molar-refractivity contribution < 1.29 is 9.47 Å². The van der Waals surface area contributed by atoms with Crippen molar-refractivity contribution in [3.63, 3.8) is 0 Å². The van der Waals surface area contributed by atoms with Crippen molar-refractivity contribution in [2.75, 3.05) is 12.3 Å². The molecule has 0 spiro atoms. The van der Waals surface area contributed by atoms with Gasteiger partial charge in [0.1, 0.15) is 5.75 Å². The number of ether oxygens (including phenoxy) is 2. The van der Waals surface area contributed by atoms with Crippen molar-refractivity contribution in [2.24, 2.45) is 0 Å². The van der Waals surface area contributed by atoms with Crippen LogP contribution < -0.4 is 15.2 Å². The van der Waals surface area contributed by atoms with Crippen molar-refractivity contribution >= 4 is 21.6 Å². The molecular weight excluding hydrogens is 294 g/mol. The highest BCUT2D eigenvalue weighted by Crippen LogP contribution is 2.35. The van der Waals surface area contributed by atoms with Crippen molar-refractivity contribution in [3.8, 4) is 17.2 Å². The minimum Gasteiger partial charge on any atom is -0.490 e. The Kier molecular flexibility index (Phi) is 4.10. The molecule has 0 heterocycles. The molecule has 0 fully saturated rings. The highest BCUT2D eigenvalue weighted by molar-refractivity contribution is 9.10. The van der Waals surface area contributed by atoms with E-state index in [0.29, 0.717) is 23.8 Å². The topological polar surface area (TPSA) is 44.5 Å². The lowest BCUT2D eigenvalue weighted by Crippen LogP contribution is -1.95. The monoisotopic (exact) mass is 307 g/mol. The van der Waals surface area contributed by atoms with Crippen LogP contribution in [0.3, 0.4) is 0 Å². The fourth-order valence-corrected chi connectivity index (χ4v) is 2.00. The number of para-hydroxylation sites is 2. The minimum absolute atomic E-state index is 0.600. The maximum Gasteiger partial charge on any atom is 0.169 e. The third-order valence-electron chi connectivity index (χ3n) is 2.32. The summed E-state index contributed by atoms with van der Waals surface area (Å²) in [6.07, 6.45) is 0. The highest BCUT2D eigenvalue weighted by Gasteiger charge is 2.07. The zero-order valence-electron chi connectivity index (χ0n) is 10.0. The maximum absolute atomic E-state index is 5.82. The van der Waals surface area contributed by atoms with Crippen LogP contribution in [0.2, 0.25) is 0 Å². The third-order valence-corrected chi connectivity index (χ3v) is 2.94. The first kappa shape index (κ1) is 12.8. The van der Waals surface area contributed by atoms with E-state index in [1.807, 2.05) is 37.3 Å². The van der Waals surface area contributed by atoms with Crippen molar-refractivity contribution in [3.05, 3.63) is 46.9 Å². The second kappa shape index (κ2) is 5.78. The van der Waals surface area contributed by atoms with Crippen LogP contribution in [0.1, 0.15) is 6.92 Å². The van der Waals surface area contributed by atoms with Gasteiger partial charge in [-0.05, 0) is 53.2 Å². The van der Waals surface area contributed by atoms with Gasteiger partial charge >= 0.3 is 0 Å². The van der Waals surface area contributed by atoms with E-state index < -0.39 is 0 Å². The van der Waals surface area contributed by atoms with Crippen LogP contribution in [-0.4, -0.2) is 6.61 Å². The lowest BCUT2D eigenvalue weighted by Gasteiger charge is -2.12. The van der Waals surface area contributed by atoms with Crippen LogP contribution in [0.15, 0.2) is 46.9 Å². The third kappa shape index (κ3) is 2.96. The lowest BCUT2D eigenvalue weighted by atomic mass is 10.3. The quantitative estimate of drug-likeness (QED) is 0.860. The fraction of sp³-hybridized carbons (Fsp3) is 0.143. The summed E-state index contributed by atoms with van der Waals surface area (Å²) in [5.41, 5.74) is 6.38. The van der Waals surface area contributed by atoms with Gasteiger partial charge in [0.15, 0.2) is 11.5 Å². The molecule has 0 aromatic heterocycles. The van der Waals surface area contributed by atoms with Gasteiger partial charge in [0.2, 0.25) is 0 Å².